The van der Waals surface area contributed by atoms with E-state index in [4.69, 9.17) is 15.0 Å². The lowest BCUT2D eigenvalue weighted by molar-refractivity contribution is 1.07. The number of hydrogen-bond acceptors (Lipinski definition) is 5. The zero-order valence-electron chi connectivity index (χ0n) is 31.4. The van der Waals surface area contributed by atoms with Crippen LogP contribution in [0.5, 0.6) is 0 Å². The molecular formula is C53H35N5. The number of pyridine rings is 2. The SMILES string of the molecule is c1ccc(-c2cc(-c3nc(-c4ccncc4)nc(-c4ccncc4)n3)ccc2-c2cccc(-c3cccc(-c4cccc(-c5ccc6ccccc6c5)c4)c3)c2)cc1. The van der Waals surface area contributed by atoms with Gasteiger partial charge in [0.15, 0.2) is 17.5 Å². The Hall–Kier alpha value is -7.89. The minimum absolute atomic E-state index is 0.583. The van der Waals surface area contributed by atoms with Gasteiger partial charge < -0.3 is 0 Å². The van der Waals surface area contributed by atoms with Crippen molar-refractivity contribution in [2.75, 3.05) is 0 Å². The fourth-order valence-corrected chi connectivity index (χ4v) is 7.55. The molecule has 0 atom stereocenters. The van der Waals surface area contributed by atoms with Gasteiger partial charge in [0.2, 0.25) is 0 Å². The lowest BCUT2D eigenvalue weighted by Gasteiger charge is -2.15. The maximum Gasteiger partial charge on any atom is 0.164 e. The molecule has 272 valence electrons. The van der Waals surface area contributed by atoms with E-state index < -0.39 is 0 Å². The van der Waals surface area contributed by atoms with E-state index in [2.05, 4.69) is 168 Å². The number of hydrogen-bond donors (Lipinski definition) is 0. The summed E-state index contributed by atoms with van der Waals surface area (Å²) in [6.45, 7) is 0. The van der Waals surface area contributed by atoms with Gasteiger partial charge in [-0.3, -0.25) is 9.97 Å². The van der Waals surface area contributed by atoms with Crippen molar-refractivity contribution in [2.45, 2.75) is 0 Å². The van der Waals surface area contributed by atoms with Crippen molar-refractivity contribution in [3.8, 4) is 89.8 Å². The van der Waals surface area contributed by atoms with Crippen LogP contribution in [0.2, 0.25) is 0 Å². The first-order valence-electron chi connectivity index (χ1n) is 19.3. The zero-order chi connectivity index (χ0) is 38.7. The summed E-state index contributed by atoms with van der Waals surface area (Å²) in [5, 5.41) is 2.49. The van der Waals surface area contributed by atoms with Crippen molar-refractivity contribution in [1.82, 2.24) is 24.9 Å². The molecule has 0 saturated carbocycles. The summed E-state index contributed by atoms with van der Waals surface area (Å²) < 4.78 is 0. The number of benzene rings is 7. The maximum absolute atomic E-state index is 4.99. The van der Waals surface area contributed by atoms with Crippen LogP contribution >= 0.6 is 0 Å². The molecule has 5 heteroatoms. The molecule has 0 radical (unpaired) electrons. The maximum atomic E-state index is 4.99. The van der Waals surface area contributed by atoms with Crippen molar-refractivity contribution >= 4 is 10.8 Å². The summed E-state index contributed by atoms with van der Waals surface area (Å²) >= 11 is 0. The summed E-state index contributed by atoms with van der Waals surface area (Å²) in [6.07, 6.45) is 7.01. The Balaban J connectivity index is 1.03. The minimum Gasteiger partial charge on any atom is -0.265 e. The first-order chi connectivity index (χ1) is 28.7. The molecule has 0 aliphatic heterocycles. The van der Waals surface area contributed by atoms with Crippen LogP contribution in [0.3, 0.4) is 0 Å². The first kappa shape index (κ1) is 34.6. The van der Waals surface area contributed by atoms with Gasteiger partial charge in [-0.2, -0.15) is 0 Å². The van der Waals surface area contributed by atoms with Gasteiger partial charge in [-0.1, -0.05) is 133 Å². The molecule has 10 rings (SSSR count). The zero-order valence-corrected chi connectivity index (χ0v) is 31.4. The number of fused-ring (bicyclic) bond motifs is 1. The van der Waals surface area contributed by atoms with Gasteiger partial charge in [0, 0.05) is 41.5 Å². The molecule has 58 heavy (non-hydrogen) atoms. The van der Waals surface area contributed by atoms with Crippen molar-refractivity contribution < 1.29 is 0 Å². The molecule has 3 aromatic heterocycles. The predicted octanol–water partition coefficient (Wildman–Crippen LogP) is 13.2. The van der Waals surface area contributed by atoms with Crippen LogP contribution in [0.25, 0.3) is 101 Å². The Morgan fingerprint density at radius 3 is 1.22 bits per heavy atom. The van der Waals surface area contributed by atoms with Crippen LogP contribution in [0.1, 0.15) is 0 Å². The van der Waals surface area contributed by atoms with Gasteiger partial charge in [0.1, 0.15) is 0 Å². The van der Waals surface area contributed by atoms with Gasteiger partial charge in [-0.05, 0) is 121 Å². The van der Waals surface area contributed by atoms with Gasteiger partial charge in [0.05, 0.1) is 0 Å². The van der Waals surface area contributed by atoms with E-state index in [0.29, 0.717) is 17.5 Å². The lowest BCUT2D eigenvalue weighted by Crippen LogP contribution is -2.00. The van der Waals surface area contributed by atoms with E-state index in [1.165, 1.54) is 33.0 Å². The Labute approximate surface area is 337 Å². The number of nitrogens with zero attached hydrogens (tertiary/aromatic N) is 5. The van der Waals surface area contributed by atoms with Crippen LogP contribution in [0.4, 0.5) is 0 Å². The number of aromatic nitrogens is 5. The largest absolute Gasteiger partial charge is 0.265 e. The molecule has 5 nitrogen and oxygen atoms in total. The molecule has 0 unspecified atom stereocenters. The smallest absolute Gasteiger partial charge is 0.164 e. The van der Waals surface area contributed by atoms with Crippen LogP contribution in [-0.2, 0) is 0 Å². The molecule has 0 aliphatic carbocycles. The highest BCUT2D eigenvalue weighted by molar-refractivity contribution is 5.90. The highest BCUT2D eigenvalue weighted by Gasteiger charge is 2.16. The standard InChI is InChI=1S/C53H35N5/c1-2-10-37(11-3-1)50-35-48(53-57-51(38-23-27-54-28-24-38)56-52(58-53)39-25-29-55-30-26-39)21-22-49(50)47-18-8-17-45(34-47)43-15-6-13-41(32-43)42-14-7-16-44(33-42)46-20-19-36-9-4-5-12-40(36)31-46/h1-35H. The third kappa shape index (κ3) is 7.04. The van der Waals surface area contributed by atoms with E-state index in [-0.39, 0.29) is 0 Å². The monoisotopic (exact) mass is 741 g/mol. The molecule has 0 N–H and O–H groups in total. The first-order valence-corrected chi connectivity index (χ1v) is 19.3. The number of rotatable bonds is 8. The van der Waals surface area contributed by atoms with Crippen molar-refractivity contribution in [1.29, 1.82) is 0 Å². The van der Waals surface area contributed by atoms with Crippen LogP contribution < -0.4 is 0 Å². The molecule has 7 aromatic carbocycles. The van der Waals surface area contributed by atoms with E-state index in [1.54, 1.807) is 24.8 Å². The molecule has 10 aromatic rings. The molecule has 0 bridgehead atoms. The molecule has 0 saturated heterocycles. The summed E-state index contributed by atoms with van der Waals surface area (Å²) in [7, 11) is 0. The topological polar surface area (TPSA) is 64.5 Å². The van der Waals surface area contributed by atoms with Crippen molar-refractivity contribution in [2.24, 2.45) is 0 Å². The third-order valence-electron chi connectivity index (χ3n) is 10.5. The van der Waals surface area contributed by atoms with E-state index >= 15 is 0 Å². The van der Waals surface area contributed by atoms with Crippen molar-refractivity contribution in [3.63, 3.8) is 0 Å². The molecular weight excluding hydrogens is 707 g/mol. The van der Waals surface area contributed by atoms with Crippen LogP contribution in [-0.4, -0.2) is 24.9 Å². The second-order valence-electron chi connectivity index (χ2n) is 14.2. The van der Waals surface area contributed by atoms with Gasteiger partial charge in [0.25, 0.3) is 0 Å². The molecule has 0 amide bonds. The van der Waals surface area contributed by atoms with Gasteiger partial charge >= 0.3 is 0 Å². The van der Waals surface area contributed by atoms with Crippen molar-refractivity contribution in [3.05, 3.63) is 213 Å². The van der Waals surface area contributed by atoms with Gasteiger partial charge in [-0.25, -0.2) is 15.0 Å². The van der Waals surface area contributed by atoms with Crippen LogP contribution in [0, 0.1) is 0 Å². The quantitative estimate of drug-likeness (QED) is 0.155. The normalized spacial score (nSPS) is 11.1. The van der Waals surface area contributed by atoms with Gasteiger partial charge in [-0.15, -0.1) is 0 Å². The second kappa shape index (κ2) is 15.3. The second-order valence-corrected chi connectivity index (χ2v) is 14.2. The summed E-state index contributed by atoms with van der Waals surface area (Å²) in [4.78, 5) is 23.2. The predicted molar refractivity (Wildman–Crippen MR) is 236 cm³/mol. The average Bonchev–Trinajstić information content (AvgIpc) is 3.32. The third-order valence-corrected chi connectivity index (χ3v) is 10.5. The summed E-state index contributed by atoms with van der Waals surface area (Å²) in [5.74, 6) is 1.76. The minimum atomic E-state index is 0.583. The summed E-state index contributed by atoms with van der Waals surface area (Å²) in [5.41, 5.74) is 14.1. The fraction of sp³-hybridized carbons (Fsp3) is 0. The van der Waals surface area contributed by atoms with E-state index in [0.717, 1.165) is 50.1 Å². The highest BCUT2D eigenvalue weighted by Crippen LogP contribution is 2.38. The Morgan fingerprint density at radius 1 is 0.224 bits per heavy atom. The van der Waals surface area contributed by atoms with E-state index in [1.807, 2.05) is 30.3 Å². The lowest BCUT2D eigenvalue weighted by atomic mass is 9.90. The summed E-state index contributed by atoms with van der Waals surface area (Å²) in [6, 6.07) is 66.4. The fourth-order valence-electron chi connectivity index (χ4n) is 7.55. The van der Waals surface area contributed by atoms with E-state index in [9.17, 15) is 0 Å². The molecule has 0 aliphatic rings. The Kier molecular flexibility index (Phi) is 9.14. The molecule has 0 spiro atoms. The Bertz CT molecular complexity index is 3000. The molecule has 3 heterocycles. The Morgan fingerprint density at radius 2 is 0.655 bits per heavy atom. The highest BCUT2D eigenvalue weighted by atomic mass is 15.0. The van der Waals surface area contributed by atoms with Crippen LogP contribution in [0.15, 0.2) is 213 Å². The molecule has 0 fully saturated rings. The average molecular weight is 742 g/mol.